The predicted octanol–water partition coefficient (Wildman–Crippen LogP) is 4.32. The fraction of sp³-hybridized carbons (Fsp3) is 0.375. The van der Waals surface area contributed by atoms with E-state index >= 15 is 0 Å². The van der Waals surface area contributed by atoms with Crippen molar-refractivity contribution in [1.82, 2.24) is 5.32 Å². The van der Waals surface area contributed by atoms with E-state index in [2.05, 4.69) is 26.1 Å². The van der Waals surface area contributed by atoms with Crippen molar-refractivity contribution in [2.75, 3.05) is 12.0 Å². The number of nitrogens with one attached hydrogen (secondary N) is 1. The molecule has 0 radical (unpaired) electrons. The van der Waals surface area contributed by atoms with Crippen molar-refractivity contribution in [3.05, 3.63) is 48.0 Å². The SMILES string of the molecule is COc1ccc(N2C(=S)NC(C)(C)C[C@]2(C)c2ccc(OC(C)=O)cc2OC(C)=O)cc1. The second kappa shape index (κ2) is 8.78. The minimum Gasteiger partial charge on any atom is -0.497 e. The van der Waals surface area contributed by atoms with Crippen molar-refractivity contribution in [3.63, 3.8) is 0 Å². The van der Waals surface area contributed by atoms with Crippen LogP contribution in [0.2, 0.25) is 0 Å². The lowest BCUT2D eigenvalue weighted by Crippen LogP contribution is -2.65. The van der Waals surface area contributed by atoms with Gasteiger partial charge in [-0.2, -0.15) is 0 Å². The molecule has 0 unspecified atom stereocenters. The fourth-order valence-electron chi connectivity index (χ4n) is 4.32. The minimum absolute atomic E-state index is 0.299. The molecule has 32 heavy (non-hydrogen) atoms. The molecule has 7 nitrogen and oxygen atoms in total. The zero-order chi connectivity index (χ0) is 23.7. The summed E-state index contributed by atoms with van der Waals surface area (Å²) in [6.45, 7) is 8.85. The lowest BCUT2D eigenvalue weighted by molar-refractivity contribution is -0.132. The number of anilines is 1. The van der Waals surface area contributed by atoms with Crippen molar-refractivity contribution in [2.24, 2.45) is 0 Å². The zero-order valence-corrected chi connectivity index (χ0v) is 20.0. The number of thiocarbonyl (C=S) groups is 1. The Bertz CT molecular complexity index is 1050. The van der Waals surface area contributed by atoms with Crippen LogP contribution in [0, 0.1) is 0 Å². The summed E-state index contributed by atoms with van der Waals surface area (Å²) in [6.07, 6.45) is 0.646. The lowest BCUT2D eigenvalue weighted by atomic mass is 9.76. The van der Waals surface area contributed by atoms with Crippen LogP contribution in [0.25, 0.3) is 0 Å². The third-order valence-corrected chi connectivity index (χ3v) is 5.59. The molecule has 2 aromatic carbocycles. The van der Waals surface area contributed by atoms with Gasteiger partial charge in [-0.3, -0.25) is 9.59 Å². The third kappa shape index (κ3) is 4.85. The summed E-state index contributed by atoms with van der Waals surface area (Å²) in [5.41, 5.74) is 0.604. The number of rotatable bonds is 5. The van der Waals surface area contributed by atoms with Gasteiger partial charge in [0.15, 0.2) is 5.11 Å². The molecule has 1 atom stereocenters. The number of carbonyl (C=O) groups excluding carboxylic acids is 2. The molecule has 0 saturated carbocycles. The Morgan fingerprint density at radius 3 is 2.12 bits per heavy atom. The van der Waals surface area contributed by atoms with Crippen molar-refractivity contribution in [3.8, 4) is 17.2 Å². The largest absolute Gasteiger partial charge is 0.497 e. The van der Waals surface area contributed by atoms with Crippen molar-refractivity contribution >= 4 is 35.0 Å². The Morgan fingerprint density at radius 2 is 1.56 bits per heavy atom. The summed E-state index contributed by atoms with van der Waals surface area (Å²) in [6, 6.07) is 12.7. The number of carbonyl (C=O) groups is 2. The monoisotopic (exact) mass is 456 g/mol. The highest BCUT2D eigenvalue weighted by Gasteiger charge is 2.47. The van der Waals surface area contributed by atoms with E-state index in [0.717, 1.165) is 17.0 Å². The van der Waals surface area contributed by atoms with Gasteiger partial charge in [0, 0.05) is 36.7 Å². The summed E-state index contributed by atoms with van der Waals surface area (Å²) in [5.74, 6) is 0.423. The van der Waals surface area contributed by atoms with Gasteiger partial charge in [-0.15, -0.1) is 0 Å². The molecule has 0 amide bonds. The van der Waals surface area contributed by atoms with Crippen LogP contribution in [0.5, 0.6) is 17.2 Å². The van der Waals surface area contributed by atoms with E-state index in [1.807, 2.05) is 35.2 Å². The highest BCUT2D eigenvalue weighted by Crippen LogP contribution is 2.46. The maximum Gasteiger partial charge on any atom is 0.308 e. The molecule has 0 bridgehead atoms. The summed E-state index contributed by atoms with van der Waals surface area (Å²) in [7, 11) is 1.62. The molecule has 0 aliphatic carbocycles. The summed E-state index contributed by atoms with van der Waals surface area (Å²) < 4.78 is 16.1. The number of ether oxygens (including phenoxy) is 3. The van der Waals surface area contributed by atoms with Gasteiger partial charge >= 0.3 is 11.9 Å². The molecule has 1 aliphatic heterocycles. The molecule has 3 rings (SSSR count). The quantitative estimate of drug-likeness (QED) is 0.405. The average molecular weight is 457 g/mol. The Hall–Kier alpha value is -3.13. The molecule has 0 aromatic heterocycles. The lowest BCUT2D eigenvalue weighted by Gasteiger charge is -2.53. The Kier molecular flexibility index (Phi) is 6.46. The van der Waals surface area contributed by atoms with Crippen LogP contribution < -0.4 is 24.4 Å². The molecular weight excluding hydrogens is 428 g/mol. The molecular formula is C24H28N2O5S. The van der Waals surface area contributed by atoms with Gasteiger partial charge < -0.3 is 24.4 Å². The van der Waals surface area contributed by atoms with Crippen LogP contribution >= 0.6 is 12.2 Å². The van der Waals surface area contributed by atoms with Gasteiger partial charge in [0.2, 0.25) is 0 Å². The van der Waals surface area contributed by atoms with Crippen LogP contribution in [0.3, 0.4) is 0 Å². The smallest absolute Gasteiger partial charge is 0.308 e. The number of hydrogen-bond acceptors (Lipinski definition) is 6. The van der Waals surface area contributed by atoms with E-state index in [9.17, 15) is 9.59 Å². The summed E-state index contributed by atoms with van der Waals surface area (Å²) >= 11 is 5.79. The van der Waals surface area contributed by atoms with Crippen molar-refractivity contribution < 1.29 is 23.8 Å². The number of methoxy groups -OCH3 is 1. The maximum atomic E-state index is 11.9. The molecule has 0 spiro atoms. The average Bonchev–Trinajstić information content (AvgIpc) is 2.66. The van der Waals surface area contributed by atoms with Crippen LogP contribution in [0.1, 0.15) is 46.6 Å². The van der Waals surface area contributed by atoms with E-state index < -0.39 is 17.5 Å². The first kappa shape index (κ1) is 23.5. The topological polar surface area (TPSA) is 77.1 Å². The zero-order valence-electron chi connectivity index (χ0n) is 19.1. The van der Waals surface area contributed by atoms with E-state index in [4.69, 9.17) is 26.4 Å². The standard InChI is InChI=1S/C24H28N2O5S/c1-15(27)30-19-11-12-20(21(13-19)31-16(2)28)24(5)14-23(3,4)25-22(32)26(24)17-7-9-18(29-6)10-8-17/h7-13H,14H2,1-6H3,(H,25,32)/t24-/m1/s1. The molecule has 1 fully saturated rings. The summed E-state index contributed by atoms with van der Waals surface area (Å²) in [5, 5.41) is 3.95. The second-order valence-corrected chi connectivity index (χ2v) is 9.03. The number of nitrogens with zero attached hydrogens (tertiary/aromatic N) is 1. The van der Waals surface area contributed by atoms with Crippen molar-refractivity contribution in [2.45, 2.75) is 52.1 Å². The Morgan fingerprint density at radius 1 is 0.969 bits per heavy atom. The van der Waals surface area contributed by atoms with Gasteiger partial charge in [0.05, 0.1) is 12.6 Å². The van der Waals surface area contributed by atoms with Gasteiger partial charge in [0.1, 0.15) is 17.2 Å². The van der Waals surface area contributed by atoms with Gasteiger partial charge in [-0.05, 0) is 75.8 Å². The molecule has 1 saturated heterocycles. The van der Waals surface area contributed by atoms with Crippen LogP contribution in [-0.4, -0.2) is 29.7 Å². The Balaban J connectivity index is 2.19. The second-order valence-electron chi connectivity index (χ2n) is 8.64. The number of benzene rings is 2. The molecule has 2 aromatic rings. The third-order valence-electron chi connectivity index (χ3n) is 5.31. The van der Waals surface area contributed by atoms with Crippen molar-refractivity contribution in [1.29, 1.82) is 0 Å². The van der Waals surface area contributed by atoms with Gasteiger partial charge in [-0.25, -0.2) is 0 Å². The van der Waals surface area contributed by atoms with E-state index in [0.29, 0.717) is 23.0 Å². The van der Waals surface area contributed by atoms with Gasteiger partial charge in [-0.1, -0.05) is 0 Å². The predicted molar refractivity (Wildman–Crippen MR) is 126 cm³/mol. The van der Waals surface area contributed by atoms with Crippen LogP contribution in [0.15, 0.2) is 42.5 Å². The highest BCUT2D eigenvalue weighted by molar-refractivity contribution is 7.80. The molecule has 8 heteroatoms. The first-order chi connectivity index (χ1) is 14.9. The minimum atomic E-state index is -0.681. The molecule has 1 heterocycles. The van der Waals surface area contributed by atoms with Gasteiger partial charge in [0.25, 0.3) is 0 Å². The number of hydrogen-bond donors (Lipinski definition) is 1. The maximum absolute atomic E-state index is 11.9. The summed E-state index contributed by atoms with van der Waals surface area (Å²) in [4.78, 5) is 25.4. The fourth-order valence-corrected chi connectivity index (χ4v) is 4.90. The Labute approximate surface area is 193 Å². The molecule has 170 valence electrons. The highest BCUT2D eigenvalue weighted by atomic mass is 32.1. The first-order valence-electron chi connectivity index (χ1n) is 10.2. The van der Waals surface area contributed by atoms with E-state index in [-0.39, 0.29) is 5.54 Å². The first-order valence-corrected chi connectivity index (χ1v) is 10.6. The normalized spacial score (nSPS) is 19.7. The van der Waals surface area contributed by atoms with E-state index in [1.54, 1.807) is 19.2 Å². The molecule has 1 aliphatic rings. The molecule has 1 N–H and O–H groups in total. The number of esters is 2. The van der Waals surface area contributed by atoms with Crippen LogP contribution in [0.4, 0.5) is 5.69 Å². The van der Waals surface area contributed by atoms with Crippen LogP contribution in [-0.2, 0) is 15.1 Å². The van der Waals surface area contributed by atoms with E-state index in [1.165, 1.54) is 13.8 Å².